The molecule has 0 aromatic heterocycles. The van der Waals surface area contributed by atoms with E-state index in [4.69, 9.17) is 4.74 Å². The summed E-state index contributed by atoms with van der Waals surface area (Å²) in [7, 11) is 0. The van der Waals surface area contributed by atoms with E-state index in [1.165, 1.54) is 6.08 Å². The topological polar surface area (TPSA) is 73.2 Å². The Morgan fingerprint density at radius 1 is 1.25 bits per heavy atom. The number of amides is 1. The first-order chi connectivity index (χ1) is 11.7. The van der Waals surface area contributed by atoms with Crippen molar-refractivity contribution in [2.24, 2.45) is 0 Å². The Labute approximate surface area is 140 Å². The lowest BCUT2D eigenvalue weighted by Gasteiger charge is -2.50. The van der Waals surface area contributed by atoms with E-state index >= 15 is 0 Å². The molecule has 0 saturated carbocycles. The van der Waals surface area contributed by atoms with Gasteiger partial charge in [-0.1, -0.05) is 30.3 Å². The van der Waals surface area contributed by atoms with E-state index in [0.29, 0.717) is 19.6 Å². The maximum Gasteiger partial charge on any atom is 0.276 e. The van der Waals surface area contributed by atoms with Crippen LogP contribution in [0, 0.1) is 0 Å². The third-order valence-corrected chi connectivity index (χ3v) is 4.79. The van der Waals surface area contributed by atoms with E-state index in [0.717, 1.165) is 12.0 Å². The first-order valence-electron chi connectivity index (χ1n) is 8.21. The van der Waals surface area contributed by atoms with Crippen LogP contribution < -0.4 is 0 Å². The molecule has 1 aromatic rings. The summed E-state index contributed by atoms with van der Waals surface area (Å²) in [5, 5.41) is 20.1. The second kappa shape index (κ2) is 5.96. The van der Waals surface area contributed by atoms with Crippen molar-refractivity contribution in [1.29, 1.82) is 0 Å². The SMILES string of the molecule is O=C1C2=C(O)C(O)C=CN2[C@@H](Cc2ccccc2)[C@H]2OCCCN12. The highest BCUT2D eigenvalue weighted by molar-refractivity contribution is 5.95. The number of hydrogen-bond acceptors (Lipinski definition) is 5. The molecule has 126 valence electrons. The number of hydrogen-bond donors (Lipinski definition) is 2. The zero-order chi connectivity index (χ0) is 16.7. The van der Waals surface area contributed by atoms with Gasteiger partial charge in [0.1, 0.15) is 11.8 Å². The summed E-state index contributed by atoms with van der Waals surface area (Å²) in [6.07, 6.45) is 3.12. The van der Waals surface area contributed by atoms with E-state index in [2.05, 4.69) is 0 Å². The van der Waals surface area contributed by atoms with Crippen LogP contribution >= 0.6 is 0 Å². The molecule has 2 N–H and O–H groups in total. The van der Waals surface area contributed by atoms with Crippen molar-refractivity contribution in [1.82, 2.24) is 9.80 Å². The van der Waals surface area contributed by atoms with Gasteiger partial charge in [-0.3, -0.25) is 4.79 Å². The first-order valence-corrected chi connectivity index (χ1v) is 8.21. The lowest BCUT2D eigenvalue weighted by atomic mass is 9.95. The number of piperazine rings is 1. The minimum Gasteiger partial charge on any atom is -0.507 e. The van der Waals surface area contributed by atoms with Gasteiger partial charge in [0, 0.05) is 12.7 Å². The Morgan fingerprint density at radius 2 is 2.04 bits per heavy atom. The number of fused-ring (bicyclic) bond motifs is 2. The van der Waals surface area contributed by atoms with E-state index in [-0.39, 0.29) is 29.6 Å². The molecule has 0 spiro atoms. The van der Waals surface area contributed by atoms with Crippen molar-refractivity contribution >= 4 is 5.91 Å². The molecule has 3 aliphatic heterocycles. The Kier molecular flexibility index (Phi) is 3.78. The van der Waals surface area contributed by atoms with Crippen LogP contribution in [0.15, 0.2) is 54.1 Å². The van der Waals surface area contributed by atoms with Crippen molar-refractivity contribution in [3.8, 4) is 0 Å². The molecule has 1 amide bonds. The summed E-state index contributed by atoms with van der Waals surface area (Å²) in [4.78, 5) is 16.2. The average Bonchev–Trinajstić information content (AvgIpc) is 2.62. The molecule has 2 saturated heterocycles. The summed E-state index contributed by atoms with van der Waals surface area (Å²) in [5.74, 6) is -0.575. The summed E-state index contributed by atoms with van der Waals surface area (Å²) < 4.78 is 5.91. The smallest absolute Gasteiger partial charge is 0.276 e. The summed E-state index contributed by atoms with van der Waals surface area (Å²) in [6.45, 7) is 1.21. The molecule has 3 aliphatic rings. The normalized spacial score (nSPS) is 29.5. The lowest BCUT2D eigenvalue weighted by molar-refractivity contribution is -0.172. The number of carbonyl (C=O) groups is 1. The average molecular weight is 328 g/mol. The highest BCUT2D eigenvalue weighted by Crippen LogP contribution is 2.34. The highest BCUT2D eigenvalue weighted by Gasteiger charge is 2.47. The minimum absolute atomic E-state index is 0.147. The van der Waals surface area contributed by atoms with Gasteiger partial charge in [0.15, 0.2) is 12.0 Å². The van der Waals surface area contributed by atoms with Gasteiger partial charge in [0.2, 0.25) is 0 Å². The standard InChI is InChI=1S/C18H20N2O4/c21-14-7-9-19-13(11-12-5-2-1-3-6-12)18-20(8-4-10-24-18)17(23)15(19)16(14)22/h1-3,5-7,9,13-14,18,21-22H,4,8,10-11H2/t13-,14?,18+/m0/s1. The second-order valence-corrected chi connectivity index (χ2v) is 6.30. The van der Waals surface area contributed by atoms with E-state index in [1.54, 1.807) is 16.0 Å². The Morgan fingerprint density at radius 3 is 2.83 bits per heavy atom. The molecule has 6 heteroatoms. The number of nitrogens with zero attached hydrogens (tertiary/aromatic N) is 2. The van der Waals surface area contributed by atoms with Gasteiger partial charge in [-0.15, -0.1) is 0 Å². The quantitative estimate of drug-likeness (QED) is 0.852. The van der Waals surface area contributed by atoms with Crippen molar-refractivity contribution in [3.63, 3.8) is 0 Å². The van der Waals surface area contributed by atoms with Crippen molar-refractivity contribution in [3.05, 3.63) is 59.6 Å². The molecule has 0 radical (unpaired) electrons. The summed E-state index contributed by atoms with van der Waals surface area (Å²) in [5.41, 5.74) is 1.29. The third-order valence-electron chi connectivity index (χ3n) is 4.79. The van der Waals surface area contributed by atoms with Crippen LogP contribution in [-0.2, 0) is 16.0 Å². The molecular formula is C18H20N2O4. The fourth-order valence-electron chi connectivity index (χ4n) is 3.63. The first kappa shape index (κ1) is 15.2. The maximum atomic E-state index is 12.8. The molecule has 0 aliphatic carbocycles. The van der Waals surface area contributed by atoms with Crippen LogP contribution in [0.3, 0.4) is 0 Å². The predicted molar refractivity (Wildman–Crippen MR) is 86.6 cm³/mol. The van der Waals surface area contributed by atoms with Crippen LogP contribution in [0.4, 0.5) is 0 Å². The lowest BCUT2D eigenvalue weighted by Crippen LogP contribution is -2.64. The fourth-order valence-corrected chi connectivity index (χ4v) is 3.63. The summed E-state index contributed by atoms with van der Waals surface area (Å²) in [6, 6.07) is 9.85. The van der Waals surface area contributed by atoms with Gasteiger partial charge in [0.25, 0.3) is 5.91 Å². The molecule has 1 unspecified atom stereocenters. The number of aliphatic hydroxyl groups excluding tert-OH is 2. The molecule has 24 heavy (non-hydrogen) atoms. The van der Waals surface area contributed by atoms with E-state index in [9.17, 15) is 15.0 Å². The highest BCUT2D eigenvalue weighted by atomic mass is 16.5. The molecule has 3 heterocycles. The molecule has 1 aromatic carbocycles. The number of carbonyl (C=O) groups excluding carboxylic acids is 1. The van der Waals surface area contributed by atoms with Crippen LogP contribution in [0.5, 0.6) is 0 Å². The monoisotopic (exact) mass is 328 g/mol. The Bertz CT molecular complexity index is 700. The van der Waals surface area contributed by atoms with Gasteiger partial charge in [0.05, 0.1) is 12.6 Å². The maximum absolute atomic E-state index is 12.8. The largest absolute Gasteiger partial charge is 0.507 e. The molecule has 2 fully saturated rings. The summed E-state index contributed by atoms with van der Waals surface area (Å²) >= 11 is 0. The molecule has 6 nitrogen and oxygen atoms in total. The van der Waals surface area contributed by atoms with Gasteiger partial charge in [-0.2, -0.15) is 0 Å². The minimum atomic E-state index is -1.14. The fraction of sp³-hybridized carbons (Fsp3) is 0.389. The molecule has 4 rings (SSSR count). The van der Waals surface area contributed by atoms with Gasteiger partial charge < -0.3 is 24.7 Å². The third kappa shape index (κ3) is 2.39. The predicted octanol–water partition coefficient (Wildman–Crippen LogP) is 1.15. The Hall–Kier alpha value is -2.31. The molecule has 3 atom stereocenters. The zero-order valence-electron chi connectivity index (χ0n) is 13.2. The van der Waals surface area contributed by atoms with E-state index in [1.807, 2.05) is 30.3 Å². The zero-order valence-corrected chi connectivity index (χ0v) is 13.2. The van der Waals surface area contributed by atoms with E-state index < -0.39 is 6.10 Å². The second-order valence-electron chi connectivity index (χ2n) is 6.30. The van der Waals surface area contributed by atoms with Crippen molar-refractivity contribution in [2.75, 3.05) is 13.2 Å². The van der Waals surface area contributed by atoms with Gasteiger partial charge in [-0.05, 0) is 24.5 Å². The van der Waals surface area contributed by atoms with Crippen LogP contribution in [0.1, 0.15) is 12.0 Å². The van der Waals surface area contributed by atoms with Gasteiger partial charge >= 0.3 is 0 Å². The van der Waals surface area contributed by atoms with Gasteiger partial charge in [-0.25, -0.2) is 0 Å². The number of rotatable bonds is 2. The van der Waals surface area contributed by atoms with Crippen LogP contribution in [-0.4, -0.2) is 57.4 Å². The molecular weight excluding hydrogens is 308 g/mol. The van der Waals surface area contributed by atoms with Crippen LogP contribution in [0.25, 0.3) is 0 Å². The number of ether oxygens (including phenoxy) is 1. The number of aliphatic hydroxyl groups is 2. The Balaban J connectivity index is 1.74. The van der Waals surface area contributed by atoms with Crippen molar-refractivity contribution in [2.45, 2.75) is 31.2 Å². The number of benzene rings is 1. The molecule has 0 bridgehead atoms. The van der Waals surface area contributed by atoms with Crippen molar-refractivity contribution < 1.29 is 19.7 Å². The van der Waals surface area contributed by atoms with Crippen LogP contribution in [0.2, 0.25) is 0 Å².